The number of hydrogen-bond donors (Lipinski definition) is 1. The standard InChI is InChI=1S/C12H25NO3/c1-5-8-15-9-6-7-13-10-11(14)16-12(2,3)4/h13H,5-10H2,1-4H3. The van der Waals surface area contributed by atoms with Crippen molar-refractivity contribution in [3.8, 4) is 0 Å². The van der Waals surface area contributed by atoms with E-state index in [2.05, 4.69) is 12.2 Å². The zero-order valence-corrected chi connectivity index (χ0v) is 11.0. The van der Waals surface area contributed by atoms with Crippen molar-refractivity contribution < 1.29 is 14.3 Å². The number of rotatable bonds is 8. The fraction of sp³-hybridized carbons (Fsp3) is 0.917. The fourth-order valence-corrected chi connectivity index (χ4v) is 1.11. The molecule has 4 nitrogen and oxygen atoms in total. The molecule has 4 heteroatoms. The van der Waals surface area contributed by atoms with Crippen molar-refractivity contribution in [1.29, 1.82) is 0 Å². The van der Waals surface area contributed by atoms with Crippen LogP contribution in [0.1, 0.15) is 40.5 Å². The van der Waals surface area contributed by atoms with E-state index in [-0.39, 0.29) is 12.5 Å². The second kappa shape index (κ2) is 8.53. The van der Waals surface area contributed by atoms with Gasteiger partial charge in [0.2, 0.25) is 0 Å². The minimum Gasteiger partial charge on any atom is -0.459 e. The first-order chi connectivity index (χ1) is 7.45. The van der Waals surface area contributed by atoms with Gasteiger partial charge in [0.1, 0.15) is 5.60 Å². The SMILES string of the molecule is CCCOCCCNCC(=O)OC(C)(C)C. The van der Waals surface area contributed by atoms with Crippen LogP contribution >= 0.6 is 0 Å². The predicted molar refractivity (Wildman–Crippen MR) is 64.4 cm³/mol. The molecule has 0 radical (unpaired) electrons. The van der Waals surface area contributed by atoms with Crippen molar-refractivity contribution in [2.24, 2.45) is 0 Å². The summed E-state index contributed by atoms with van der Waals surface area (Å²) in [5, 5.41) is 3.03. The summed E-state index contributed by atoms with van der Waals surface area (Å²) >= 11 is 0. The van der Waals surface area contributed by atoms with E-state index in [1.807, 2.05) is 20.8 Å². The summed E-state index contributed by atoms with van der Waals surface area (Å²) in [7, 11) is 0. The molecule has 0 aromatic heterocycles. The van der Waals surface area contributed by atoms with Gasteiger partial charge in [-0.2, -0.15) is 0 Å². The lowest BCUT2D eigenvalue weighted by atomic mass is 10.2. The molecule has 0 aliphatic carbocycles. The third kappa shape index (κ3) is 11.5. The zero-order chi connectivity index (χ0) is 12.4. The molecular formula is C12H25NO3. The van der Waals surface area contributed by atoms with E-state index in [4.69, 9.17) is 9.47 Å². The van der Waals surface area contributed by atoms with Crippen molar-refractivity contribution in [3.63, 3.8) is 0 Å². The minimum absolute atomic E-state index is 0.207. The molecule has 0 amide bonds. The van der Waals surface area contributed by atoms with Gasteiger partial charge >= 0.3 is 5.97 Å². The second-order valence-electron chi connectivity index (χ2n) is 4.73. The molecule has 0 rings (SSSR count). The lowest BCUT2D eigenvalue weighted by molar-refractivity contribution is -0.153. The van der Waals surface area contributed by atoms with E-state index >= 15 is 0 Å². The zero-order valence-electron chi connectivity index (χ0n) is 11.0. The molecule has 0 saturated carbocycles. The van der Waals surface area contributed by atoms with Crippen LogP contribution in [0.5, 0.6) is 0 Å². The number of hydrogen-bond acceptors (Lipinski definition) is 4. The van der Waals surface area contributed by atoms with Gasteiger partial charge in [-0.3, -0.25) is 4.79 Å². The van der Waals surface area contributed by atoms with Crippen LogP contribution in [-0.2, 0) is 14.3 Å². The van der Waals surface area contributed by atoms with Crippen molar-refractivity contribution in [3.05, 3.63) is 0 Å². The quantitative estimate of drug-likeness (QED) is 0.510. The van der Waals surface area contributed by atoms with Crippen LogP contribution in [0, 0.1) is 0 Å². The van der Waals surface area contributed by atoms with E-state index in [9.17, 15) is 4.79 Å². The number of carbonyl (C=O) groups is 1. The number of nitrogens with one attached hydrogen (secondary N) is 1. The number of esters is 1. The van der Waals surface area contributed by atoms with Crippen LogP contribution in [0.2, 0.25) is 0 Å². The molecule has 0 heterocycles. The van der Waals surface area contributed by atoms with Gasteiger partial charge in [-0.1, -0.05) is 6.92 Å². The van der Waals surface area contributed by atoms with Gasteiger partial charge < -0.3 is 14.8 Å². The van der Waals surface area contributed by atoms with Gasteiger partial charge in [-0.25, -0.2) is 0 Å². The van der Waals surface area contributed by atoms with Gasteiger partial charge in [0.15, 0.2) is 0 Å². The Hall–Kier alpha value is -0.610. The summed E-state index contributed by atoms with van der Waals surface area (Å²) in [4.78, 5) is 11.3. The van der Waals surface area contributed by atoms with Crippen molar-refractivity contribution in [2.75, 3.05) is 26.3 Å². The van der Waals surface area contributed by atoms with Crippen LogP contribution in [-0.4, -0.2) is 37.9 Å². The molecule has 0 atom stereocenters. The van der Waals surface area contributed by atoms with E-state index in [1.165, 1.54) is 0 Å². The topological polar surface area (TPSA) is 47.6 Å². The first-order valence-corrected chi connectivity index (χ1v) is 5.96. The lowest BCUT2D eigenvalue weighted by Crippen LogP contribution is -2.32. The summed E-state index contributed by atoms with van der Waals surface area (Å²) in [5.41, 5.74) is -0.400. The van der Waals surface area contributed by atoms with Gasteiger partial charge in [-0.05, 0) is 40.2 Å². The number of ether oxygens (including phenoxy) is 2. The monoisotopic (exact) mass is 231 g/mol. The highest BCUT2D eigenvalue weighted by Gasteiger charge is 2.15. The van der Waals surface area contributed by atoms with E-state index < -0.39 is 5.60 Å². The minimum atomic E-state index is -0.400. The fourth-order valence-electron chi connectivity index (χ4n) is 1.11. The Morgan fingerprint density at radius 3 is 2.50 bits per heavy atom. The second-order valence-corrected chi connectivity index (χ2v) is 4.73. The van der Waals surface area contributed by atoms with Crippen molar-refractivity contribution in [2.45, 2.75) is 46.1 Å². The van der Waals surface area contributed by atoms with Gasteiger partial charge in [0, 0.05) is 13.2 Å². The van der Waals surface area contributed by atoms with Crippen molar-refractivity contribution in [1.82, 2.24) is 5.32 Å². The molecule has 0 unspecified atom stereocenters. The molecule has 0 aromatic carbocycles. The lowest BCUT2D eigenvalue weighted by Gasteiger charge is -2.19. The van der Waals surface area contributed by atoms with Gasteiger partial charge in [0.05, 0.1) is 6.54 Å². The molecule has 16 heavy (non-hydrogen) atoms. The van der Waals surface area contributed by atoms with E-state index in [0.717, 1.165) is 32.6 Å². The Balaban J connectivity index is 3.28. The van der Waals surface area contributed by atoms with Gasteiger partial charge in [-0.15, -0.1) is 0 Å². The molecule has 0 fully saturated rings. The maximum absolute atomic E-state index is 11.3. The molecule has 0 bridgehead atoms. The van der Waals surface area contributed by atoms with Crippen molar-refractivity contribution >= 4 is 5.97 Å². The first-order valence-electron chi connectivity index (χ1n) is 5.96. The maximum Gasteiger partial charge on any atom is 0.320 e. The summed E-state index contributed by atoms with van der Waals surface area (Å²) in [6.07, 6.45) is 1.97. The number of carbonyl (C=O) groups excluding carboxylic acids is 1. The molecule has 0 aliphatic rings. The Bertz CT molecular complexity index is 187. The largest absolute Gasteiger partial charge is 0.459 e. The molecule has 0 aromatic rings. The van der Waals surface area contributed by atoms with Crippen LogP contribution in [0.25, 0.3) is 0 Å². The Labute approximate surface area is 98.7 Å². The molecule has 0 spiro atoms. The summed E-state index contributed by atoms with van der Waals surface area (Å²) in [5.74, 6) is -0.207. The normalized spacial score (nSPS) is 11.5. The van der Waals surface area contributed by atoms with E-state index in [0.29, 0.717) is 0 Å². The van der Waals surface area contributed by atoms with E-state index in [1.54, 1.807) is 0 Å². The molecule has 0 aliphatic heterocycles. The smallest absolute Gasteiger partial charge is 0.320 e. The summed E-state index contributed by atoms with van der Waals surface area (Å²) < 4.78 is 10.5. The Morgan fingerprint density at radius 2 is 1.94 bits per heavy atom. The highest BCUT2D eigenvalue weighted by atomic mass is 16.6. The highest BCUT2D eigenvalue weighted by molar-refractivity contribution is 5.72. The summed E-state index contributed by atoms with van der Waals surface area (Å²) in [6, 6.07) is 0. The Kier molecular flexibility index (Phi) is 8.21. The molecule has 1 N–H and O–H groups in total. The molecule has 96 valence electrons. The molecule has 0 saturated heterocycles. The summed E-state index contributed by atoms with van der Waals surface area (Å²) in [6.45, 7) is 10.3. The van der Waals surface area contributed by atoms with Crippen LogP contribution < -0.4 is 5.32 Å². The predicted octanol–water partition coefficient (Wildman–Crippen LogP) is 1.73. The average molecular weight is 231 g/mol. The maximum atomic E-state index is 11.3. The Morgan fingerprint density at radius 1 is 1.25 bits per heavy atom. The first kappa shape index (κ1) is 15.4. The molecular weight excluding hydrogens is 206 g/mol. The van der Waals surface area contributed by atoms with Gasteiger partial charge in [0.25, 0.3) is 0 Å². The average Bonchev–Trinajstić information content (AvgIpc) is 2.13. The van der Waals surface area contributed by atoms with Crippen LogP contribution in [0.4, 0.5) is 0 Å². The third-order valence-electron chi connectivity index (χ3n) is 1.68. The highest BCUT2D eigenvalue weighted by Crippen LogP contribution is 2.05. The third-order valence-corrected chi connectivity index (χ3v) is 1.68. The van der Waals surface area contributed by atoms with Crippen LogP contribution in [0.15, 0.2) is 0 Å². The van der Waals surface area contributed by atoms with Crippen LogP contribution in [0.3, 0.4) is 0 Å².